The predicted molar refractivity (Wildman–Crippen MR) is 58.7 cm³/mol. The van der Waals surface area contributed by atoms with Gasteiger partial charge in [0.1, 0.15) is 0 Å². The van der Waals surface area contributed by atoms with Crippen LogP contribution in [0.4, 0.5) is 0 Å². The minimum absolute atomic E-state index is 0.849. The van der Waals surface area contributed by atoms with Crippen molar-refractivity contribution in [2.24, 2.45) is 0 Å². The molecule has 1 rings (SSSR count). The minimum atomic E-state index is 0.849. The van der Waals surface area contributed by atoms with Crippen molar-refractivity contribution in [1.82, 2.24) is 4.90 Å². The molecule has 0 N–H and O–H groups in total. The second-order valence-corrected chi connectivity index (χ2v) is 4.33. The smallest absolute Gasteiger partial charge is 0.00922 e. The van der Waals surface area contributed by atoms with E-state index in [-0.39, 0.29) is 0 Å². The summed E-state index contributed by atoms with van der Waals surface area (Å²) in [4.78, 5) is 2.51. The molecule has 13 heavy (non-hydrogen) atoms. The molecule has 0 spiro atoms. The van der Waals surface area contributed by atoms with Crippen molar-refractivity contribution in [1.29, 1.82) is 0 Å². The van der Waals surface area contributed by atoms with Gasteiger partial charge in [-0.15, -0.1) is 0 Å². The Balaban J connectivity index is 2.27. The van der Waals surface area contributed by atoms with Crippen molar-refractivity contribution in [3.8, 4) is 0 Å². The van der Waals surface area contributed by atoms with Gasteiger partial charge < -0.3 is 4.90 Å². The van der Waals surface area contributed by atoms with Crippen LogP contribution in [0.2, 0.25) is 0 Å². The van der Waals surface area contributed by atoms with Gasteiger partial charge in [-0.3, -0.25) is 0 Å². The largest absolute Gasteiger partial charge is 0.303 e. The van der Waals surface area contributed by atoms with Gasteiger partial charge in [0, 0.05) is 6.04 Å². The van der Waals surface area contributed by atoms with Gasteiger partial charge in [-0.2, -0.15) is 0 Å². The van der Waals surface area contributed by atoms with Gasteiger partial charge in [0.2, 0.25) is 0 Å². The Morgan fingerprint density at radius 3 is 2.15 bits per heavy atom. The van der Waals surface area contributed by atoms with E-state index in [0.717, 1.165) is 12.5 Å². The normalized spacial score (nSPS) is 21.5. The summed E-state index contributed by atoms with van der Waals surface area (Å²) >= 11 is 0. The van der Waals surface area contributed by atoms with Crippen LogP contribution in [0.1, 0.15) is 51.4 Å². The Labute approximate surface area is 83.5 Å². The summed E-state index contributed by atoms with van der Waals surface area (Å²) in [7, 11) is 2.26. The molecule has 0 saturated heterocycles. The Morgan fingerprint density at radius 2 is 1.62 bits per heavy atom. The maximum Gasteiger partial charge on any atom is 0.00922 e. The number of hydrogen-bond acceptors (Lipinski definition) is 1. The third-order valence-electron chi connectivity index (χ3n) is 3.21. The molecule has 77 valence electrons. The van der Waals surface area contributed by atoms with E-state index in [0.29, 0.717) is 0 Å². The molecule has 1 saturated carbocycles. The van der Waals surface area contributed by atoms with Crippen LogP contribution in [-0.2, 0) is 0 Å². The van der Waals surface area contributed by atoms with Crippen molar-refractivity contribution in [3.63, 3.8) is 0 Å². The Kier molecular flexibility index (Phi) is 5.45. The van der Waals surface area contributed by atoms with Gasteiger partial charge in [-0.25, -0.2) is 0 Å². The average Bonchev–Trinajstić information content (AvgIpc) is 2.03. The van der Waals surface area contributed by atoms with Crippen LogP contribution in [0, 0.1) is 6.92 Å². The Hall–Kier alpha value is -0.0400. The third kappa shape index (κ3) is 4.12. The van der Waals surface area contributed by atoms with Gasteiger partial charge in [-0.05, 0) is 32.9 Å². The van der Waals surface area contributed by atoms with Crippen molar-refractivity contribution >= 4 is 0 Å². The molecule has 0 aromatic heterocycles. The molecule has 0 bridgehead atoms. The molecule has 0 aromatic carbocycles. The zero-order chi connectivity index (χ0) is 9.52. The predicted octanol–water partition coefficient (Wildman–Crippen LogP) is 3.26. The van der Waals surface area contributed by atoms with E-state index < -0.39 is 0 Å². The molecule has 0 atom stereocenters. The summed E-state index contributed by atoms with van der Waals surface area (Å²) in [5.74, 6) is 0. The first-order valence-corrected chi connectivity index (χ1v) is 5.84. The summed E-state index contributed by atoms with van der Waals surface area (Å²) in [6.07, 6.45) is 11.1. The number of hydrogen-bond donors (Lipinski definition) is 0. The van der Waals surface area contributed by atoms with E-state index in [9.17, 15) is 0 Å². The van der Waals surface area contributed by atoms with Gasteiger partial charge >= 0.3 is 0 Å². The highest BCUT2D eigenvalue weighted by molar-refractivity contribution is 4.71. The van der Waals surface area contributed by atoms with E-state index >= 15 is 0 Å². The molecule has 1 aliphatic rings. The molecule has 1 fully saturated rings. The van der Waals surface area contributed by atoms with Crippen LogP contribution in [0.5, 0.6) is 0 Å². The van der Waals surface area contributed by atoms with E-state index in [2.05, 4.69) is 18.9 Å². The molecule has 0 aliphatic heterocycles. The lowest BCUT2D eigenvalue weighted by Crippen LogP contribution is -2.32. The SMILES string of the molecule is [CH2]CCN(C)C1CCCCCCC1. The van der Waals surface area contributed by atoms with E-state index in [1.54, 1.807) is 0 Å². The number of rotatable bonds is 3. The van der Waals surface area contributed by atoms with Crippen LogP contribution < -0.4 is 0 Å². The van der Waals surface area contributed by atoms with Crippen molar-refractivity contribution in [2.75, 3.05) is 13.6 Å². The van der Waals surface area contributed by atoms with Crippen molar-refractivity contribution in [3.05, 3.63) is 6.92 Å². The molecular weight excluding hydrogens is 158 g/mol. The third-order valence-corrected chi connectivity index (χ3v) is 3.21. The fourth-order valence-electron chi connectivity index (χ4n) is 2.31. The molecule has 0 aromatic rings. The highest BCUT2D eigenvalue weighted by Gasteiger charge is 2.14. The molecule has 1 heteroatoms. The zero-order valence-electron chi connectivity index (χ0n) is 9.10. The summed E-state index contributed by atoms with van der Waals surface area (Å²) in [5.41, 5.74) is 0. The molecule has 1 aliphatic carbocycles. The fourth-order valence-corrected chi connectivity index (χ4v) is 2.31. The second kappa shape index (κ2) is 6.42. The average molecular weight is 182 g/mol. The molecule has 0 unspecified atom stereocenters. The van der Waals surface area contributed by atoms with Crippen molar-refractivity contribution in [2.45, 2.75) is 57.4 Å². The first kappa shape index (κ1) is 11.0. The molecule has 1 nitrogen and oxygen atoms in total. The van der Waals surface area contributed by atoms with E-state index in [4.69, 9.17) is 0 Å². The van der Waals surface area contributed by atoms with Gasteiger partial charge in [0.05, 0.1) is 0 Å². The maximum atomic E-state index is 3.92. The zero-order valence-corrected chi connectivity index (χ0v) is 9.10. The Morgan fingerprint density at radius 1 is 1.08 bits per heavy atom. The topological polar surface area (TPSA) is 3.24 Å². The first-order valence-electron chi connectivity index (χ1n) is 5.84. The molecule has 1 radical (unpaired) electrons. The lowest BCUT2D eigenvalue weighted by molar-refractivity contribution is 0.206. The highest BCUT2D eigenvalue weighted by Crippen LogP contribution is 2.20. The lowest BCUT2D eigenvalue weighted by Gasteiger charge is -2.29. The summed E-state index contributed by atoms with van der Waals surface area (Å²) in [6, 6.07) is 0.849. The van der Waals surface area contributed by atoms with E-state index in [1.165, 1.54) is 51.5 Å². The van der Waals surface area contributed by atoms with Crippen LogP contribution in [-0.4, -0.2) is 24.5 Å². The summed E-state index contributed by atoms with van der Waals surface area (Å²) < 4.78 is 0. The highest BCUT2D eigenvalue weighted by atomic mass is 15.1. The summed E-state index contributed by atoms with van der Waals surface area (Å²) in [5, 5.41) is 0. The van der Waals surface area contributed by atoms with Gasteiger partial charge in [-0.1, -0.05) is 39.0 Å². The first-order chi connectivity index (χ1) is 6.34. The lowest BCUT2D eigenvalue weighted by atomic mass is 9.96. The van der Waals surface area contributed by atoms with E-state index in [1.807, 2.05) is 0 Å². The monoisotopic (exact) mass is 182 g/mol. The standard InChI is InChI=1S/C12H24N/c1-3-11-13(2)12-9-7-5-4-6-8-10-12/h12H,1,3-11H2,2H3. The number of nitrogens with zero attached hydrogens (tertiary/aromatic N) is 1. The molecule has 0 amide bonds. The minimum Gasteiger partial charge on any atom is -0.303 e. The molecular formula is C12H24N. The maximum absolute atomic E-state index is 3.92. The molecule has 0 heterocycles. The van der Waals surface area contributed by atoms with Crippen molar-refractivity contribution < 1.29 is 0 Å². The van der Waals surface area contributed by atoms with Crippen LogP contribution in [0.3, 0.4) is 0 Å². The van der Waals surface area contributed by atoms with Crippen LogP contribution in [0.15, 0.2) is 0 Å². The fraction of sp³-hybridized carbons (Fsp3) is 0.917. The second-order valence-electron chi connectivity index (χ2n) is 4.33. The van der Waals surface area contributed by atoms with Gasteiger partial charge in [0.25, 0.3) is 0 Å². The van der Waals surface area contributed by atoms with Crippen LogP contribution >= 0.6 is 0 Å². The quantitative estimate of drug-likeness (QED) is 0.647. The summed E-state index contributed by atoms with van der Waals surface area (Å²) in [6.45, 7) is 5.09. The Bertz CT molecular complexity index is 114. The van der Waals surface area contributed by atoms with Crippen LogP contribution in [0.25, 0.3) is 0 Å². The van der Waals surface area contributed by atoms with Gasteiger partial charge in [0.15, 0.2) is 0 Å².